The van der Waals surface area contributed by atoms with Crippen molar-refractivity contribution < 1.29 is 29.2 Å². The largest absolute Gasteiger partial charge is 0.504 e. The molecule has 2 N–H and O–H groups in total. The van der Waals surface area contributed by atoms with Gasteiger partial charge in [-0.3, -0.25) is 4.79 Å². The molecular formula is C21H26N2O6S. The Morgan fingerprint density at radius 3 is 2.87 bits per heavy atom. The van der Waals surface area contributed by atoms with E-state index in [1.54, 1.807) is 14.0 Å². The molecule has 1 heterocycles. The van der Waals surface area contributed by atoms with Gasteiger partial charge in [-0.1, -0.05) is 30.5 Å². The summed E-state index contributed by atoms with van der Waals surface area (Å²) in [6.45, 7) is 7.98. The Morgan fingerprint density at radius 2 is 2.17 bits per heavy atom. The second-order valence-corrected chi connectivity index (χ2v) is 7.21. The topological polar surface area (TPSA) is 101 Å². The minimum Gasteiger partial charge on any atom is -0.504 e. The number of hydrogen-bond donors (Lipinski definition) is 2. The normalized spacial score (nSPS) is 16.7. The van der Waals surface area contributed by atoms with Gasteiger partial charge in [-0.2, -0.15) is 0 Å². The summed E-state index contributed by atoms with van der Waals surface area (Å²) < 4.78 is 16.4. The predicted octanol–water partition coefficient (Wildman–Crippen LogP) is 3.88. The van der Waals surface area contributed by atoms with Crippen molar-refractivity contribution in [3.8, 4) is 5.75 Å². The van der Waals surface area contributed by atoms with E-state index in [0.717, 1.165) is 11.3 Å². The third-order valence-electron chi connectivity index (χ3n) is 3.84. The molecule has 0 saturated heterocycles. The van der Waals surface area contributed by atoms with Crippen LogP contribution in [0.4, 0.5) is 0 Å². The molecule has 1 aliphatic rings. The van der Waals surface area contributed by atoms with Crippen molar-refractivity contribution in [1.82, 2.24) is 5.01 Å². The van der Waals surface area contributed by atoms with E-state index >= 15 is 0 Å². The Labute approximate surface area is 180 Å². The van der Waals surface area contributed by atoms with E-state index in [2.05, 4.69) is 11.7 Å². The summed E-state index contributed by atoms with van der Waals surface area (Å²) in [5, 5.41) is 25.0. The molecule has 8 nitrogen and oxygen atoms in total. The summed E-state index contributed by atoms with van der Waals surface area (Å²) in [5.41, 5.74) is 0.579. The third-order valence-corrected chi connectivity index (χ3v) is 4.93. The monoisotopic (exact) mass is 434 g/mol. The van der Waals surface area contributed by atoms with Gasteiger partial charge in [-0.05, 0) is 43.7 Å². The van der Waals surface area contributed by atoms with E-state index in [9.17, 15) is 15.0 Å². The molecule has 2 rings (SSSR count). The van der Waals surface area contributed by atoms with E-state index in [-0.39, 0.29) is 41.3 Å². The maximum atomic E-state index is 12.1. The van der Waals surface area contributed by atoms with Gasteiger partial charge < -0.3 is 24.4 Å². The molecular weight excluding hydrogens is 408 g/mol. The number of thioether (sulfide) groups is 1. The van der Waals surface area contributed by atoms with Crippen LogP contribution in [0, 0.1) is 0 Å². The lowest BCUT2D eigenvalue weighted by atomic mass is 10.2. The maximum Gasteiger partial charge on any atom is 0.316 e. The Balaban J connectivity index is 1.80. The number of ether oxygens (including phenoxy) is 3. The fraction of sp³-hybridized carbons (Fsp3) is 0.333. The quantitative estimate of drug-likeness (QED) is 0.325. The number of nitrogens with zero attached hydrogens (tertiary/aromatic N) is 2. The van der Waals surface area contributed by atoms with Crippen molar-refractivity contribution in [3.63, 3.8) is 0 Å². The number of carbonyl (C=O) groups is 1. The summed E-state index contributed by atoms with van der Waals surface area (Å²) >= 11 is 1.20. The Kier molecular flexibility index (Phi) is 8.67. The lowest BCUT2D eigenvalue weighted by Crippen LogP contribution is -2.23. The van der Waals surface area contributed by atoms with Gasteiger partial charge >= 0.3 is 5.97 Å². The van der Waals surface area contributed by atoms with Crippen LogP contribution < -0.4 is 4.74 Å². The number of aliphatic hydroxyl groups excluding tert-OH is 2. The Morgan fingerprint density at radius 1 is 1.40 bits per heavy atom. The first-order valence-electron chi connectivity index (χ1n) is 9.26. The second-order valence-electron chi connectivity index (χ2n) is 6.18. The molecule has 1 aromatic rings. The zero-order valence-corrected chi connectivity index (χ0v) is 18.0. The molecule has 1 aliphatic heterocycles. The fourth-order valence-electron chi connectivity index (χ4n) is 2.35. The Bertz CT molecular complexity index is 865. The summed E-state index contributed by atoms with van der Waals surface area (Å²) in [7, 11) is 1.69. The van der Waals surface area contributed by atoms with Gasteiger partial charge in [-0.15, -0.1) is 5.10 Å². The van der Waals surface area contributed by atoms with E-state index < -0.39 is 5.56 Å². The molecule has 30 heavy (non-hydrogen) atoms. The van der Waals surface area contributed by atoms with Crippen LogP contribution in [0.5, 0.6) is 5.75 Å². The summed E-state index contributed by atoms with van der Waals surface area (Å²) in [6.07, 6.45) is 2.60. The smallest absolute Gasteiger partial charge is 0.316 e. The molecule has 1 aromatic carbocycles. The van der Waals surface area contributed by atoms with Gasteiger partial charge in [0.25, 0.3) is 0 Å². The zero-order chi connectivity index (χ0) is 22.1. The van der Waals surface area contributed by atoms with Crippen LogP contribution in [0.3, 0.4) is 0 Å². The lowest BCUT2D eigenvalue weighted by molar-refractivity contribution is -0.141. The molecule has 0 spiro atoms. The standard InChI is InChI=1S/C21H26N2O6S/c1-5-17(24)18(25)10-14(3)20-22-23(4)21(29-20)30-13-19(26)28-12-15-8-7-9-16(11-15)27-6-2/h5,7-11,21,24-25H,3,6,12-13H2,1-2,4H3/b17-5+,18-10+. The lowest BCUT2D eigenvalue weighted by Gasteiger charge is -2.16. The highest BCUT2D eigenvalue weighted by Gasteiger charge is 2.27. The summed E-state index contributed by atoms with van der Waals surface area (Å²) in [6, 6.07) is 7.38. The van der Waals surface area contributed by atoms with Gasteiger partial charge in [0.05, 0.1) is 12.4 Å². The van der Waals surface area contributed by atoms with E-state index in [4.69, 9.17) is 14.2 Å². The van der Waals surface area contributed by atoms with Crippen molar-refractivity contribution >= 4 is 23.6 Å². The van der Waals surface area contributed by atoms with Crippen molar-refractivity contribution in [2.75, 3.05) is 19.4 Å². The highest BCUT2D eigenvalue weighted by Crippen LogP contribution is 2.25. The van der Waals surface area contributed by atoms with Crippen LogP contribution in [0.1, 0.15) is 19.4 Å². The average Bonchev–Trinajstić information content (AvgIpc) is 3.11. The first kappa shape index (κ1) is 23.2. The van der Waals surface area contributed by atoms with Crippen LogP contribution in [0.2, 0.25) is 0 Å². The van der Waals surface area contributed by atoms with Crippen molar-refractivity contribution in [3.05, 3.63) is 65.7 Å². The zero-order valence-electron chi connectivity index (χ0n) is 17.2. The van der Waals surface area contributed by atoms with Crippen molar-refractivity contribution in [2.45, 2.75) is 26.0 Å². The molecule has 0 aromatic heterocycles. The third kappa shape index (κ3) is 6.77. The van der Waals surface area contributed by atoms with E-state index in [1.165, 1.54) is 28.9 Å². The second kappa shape index (κ2) is 11.2. The number of esters is 1. The first-order valence-corrected chi connectivity index (χ1v) is 10.3. The molecule has 1 unspecified atom stereocenters. The molecule has 1 atom stereocenters. The van der Waals surface area contributed by atoms with Crippen molar-refractivity contribution in [1.29, 1.82) is 0 Å². The van der Waals surface area contributed by atoms with Crippen LogP contribution in [0.15, 0.2) is 65.2 Å². The average molecular weight is 435 g/mol. The van der Waals surface area contributed by atoms with Crippen LogP contribution in [-0.4, -0.2) is 52.1 Å². The number of carbonyl (C=O) groups excluding carboxylic acids is 1. The van der Waals surface area contributed by atoms with E-state index in [1.807, 2.05) is 31.2 Å². The fourth-order valence-corrected chi connectivity index (χ4v) is 3.14. The van der Waals surface area contributed by atoms with Crippen LogP contribution in [-0.2, 0) is 20.9 Å². The van der Waals surface area contributed by atoms with E-state index in [0.29, 0.717) is 6.61 Å². The number of rotatable bonds is 10. The summed E-state index contributed by atoms with van der Waals surface area (Å²) in [4.78, 5) is 12.1. The molecule has 0 amide bonds. The minimum absolute atomic E-state index is 0.0654. The van der Waals surface area contributed by atoms with Crippen molar-refractivity contribution in [2.24, 2.45) is 5.10 Å². The first-order chi connectivity index (χ1) is 14.3. The van der Waals surface area contributed by atoms with Crippen LogP contribution in [0.25, 0.3) is 0 Å². The van der Waals surface area contributed by atoms with Crippen LogP contribution >= 0.6 is 11.8 Å². The molecule has 162 valence electrons. The number of aliphatic hydroxyl groups is 2. The highest BCUT2D eigenvalue weighted by molar-refractivity contribution is 8.00. The van der Waals surface area contributed by atoms with Gasteiger partial charge in [0.1, 0.15) is 12.4 Å². The molecule has 0 saturated carbocycles. The minimum atomic E-state index is -0.545. The predicted molar refractivity (Wildman–Crippen MR) is 116 cm³/mol. The summed E-state index contributed by atoms with van der Waals surface area (Å²) in [5.74, 6) is -0.0222. The molecule has 9 heteroatoms. The van der Waals surface area contributed by atoms with Gasteiger partial charge in [0.15, 0.2) is 11.5 Å². The number of allylic oxidation sites excluding steroid dienone is 1. The highest BCUT2D eigenvalue weighted by atomic mass is 32.2. The number of benzene rings is 1. The number of hydrogen-bond acceptors (Lipinski definition) is 9. The number of hydrazone groups is 1. The molecule has 0 fully saturated rings. The van der Waals surface area contributed by atoms with Gasteiger partial charge in [-0.25, -0.2) is 5.01 Å². The SMILES string of the molecule is C=C(/C=C(O)\C(O)=C/C)C1=NN(C)C(SCC(=O)OCc2cccc(OCC)c2)O1. The molecule has 0 radical (unpaired) electrons. The maximum absolute atomic E-state index is 12.1. The molecule has 0 aliphatic carbocycles. The van der Waals surface area contributed by atoms with Gasteiger partial charge in [0.2, 0.25) is 11.5 Å². The van der Waals surface area contributed by atoms with Gasteiger partial charge in [0, 0.05) is 12.6 Å². The Hall–Kier alpha value is -3.07. The molecule has 0 bridgehead atoms.